The highest BCUT2D eigenvalue weighted by atomic mass is 15.2. The van der Waals surface area contributed by atoms with E-state index in [0.717, 1.165) is 28.2 Å². The lowest BCUT2D eigenvalue weighted by atomic mass is 10.0. The number of nitrogens with one attached hydrogen (secondary N) is 1. The van der Waals surface area contributed by atoms with Gasteiger partial charge in [-0.15, -0.1) is 0 Å². The quantitative estimate of drug-likeness (QED) is 0.580. The van der Waals surface area contributed by atoms with E-state index in [2.05, 4.69) is 32.3 Å². The van der Waals surface area contributed by atoms with E-state index in [9.17, 15) is 0 Å². The molecule has 0 unspecified atom stereocenters. The molecule has 0 fully saturated rings. The number of aromatic nitrogens is 4. The van der Waals surface area contributed by atoms with Gasteiger partial charge in [-0.1, -0.05) is 66.7 Å². The maximum absolute atomic E-state index is 4.48. The zero-order valence-corrected chi connectivity index (χ0v) is 12.9. The fraction of sp³-hybridized carbons (Fsp3) is 0. The van der Waals surface area contributed by atoms with Crippen molar-refractivity contribution in [2.45, 2.75) is 0 Å². The zero-order valence-electron chi connectivity index (χ0n) is 12.9. The Balaban J connectivity index is 1.92. The Morgan fingerprint density at radius 3 is 1.96 bits per heavy atom. The Kier molecular flexibility index (Phi) is 3.78. The second kappa shape index (κ2) is 6.38. The van der Waals surface area contributed by atoms with Crippen LogP contribution in [0.3, 0.4) is 0 Å². The van der Waals surface area contributed by atoms with Gasteiger partial charge in [0.2, 0.25) is 0 Å². The molecule has 2 heterocycles. The first kappa shape index (κ1) is 14.2. The molecule has 0 amide bonds. The summed E-state index contributed by atoms with van der Waals surface area (Å²) in [5, 5.41) is 8.82. The largest absolute Gasteiger partial charge is 0.374 e. The SMILES string of the molecule is c1ccc(-c2nnc(-c3ccccn3)[nH+]c2-c2ccccc2)cc1. The van der Waals surface area contributed by atoms with Gasteiger partial charge in [-0.25, -0.2) is 9.97 Å². The van der Waals surface area contributed by atoms with Crippen LogP contribution in [0.4, 0.5) is 0 Å². The summed E-state index contributed by atoms with van der Waals surface area (Å²) >= 11 is 0. The number of nitrogens with zero attached hydrogens (tertiary/aromatic N) is 3. The molecular weight excluding hydrogens is 296 g/mol. The minimum Gasteiger partial charge on any atom is -0.248 e. The molecule has 0 aliphatic heterocycles. The smallest absolute Gasteiger partial charge is 0.248 e. The summed E-state index contributed by atoms with van der Waals surface area (Å²) in [6.45, 7) is 0. The van der Waals surface area contributed by atoms with Crippen molar-refractivity contribution in [3.63, 3.8) is 0 Å². The van der Waals surface area contributed by atoms with E-state index in [1.807, 2.05) is 66.7 Å². The lowest BCUT2D eigenvalue weighted by molar-refractivity contribution is -0.356. The van der Waals surface area contributed by atoms with Gasteiger partial charge in [0.15, 0.2) is 17.1 Å². The van der Waals surface area contributed by atoms with Crippen molar-refractivity contribution >= 4 is 0 Å². The summed E-state index contributed by atoms with van der Waals surface area (Å²) in [6, 6.07) is 25.9. The van der Waals surface area contributed by atoms with Gasteiger partial charge in [-0.2, -0.15) is 0 Å². The maximum Gasteiger partial charge on any atom is 0.374 e. The lowest BCUT2D eigenvalue weighted by Crippen LogP contribution is -2.17. The number of H-pyrrole nitrogens is 1. The van der Waals surface area contributed by atoms with Crippen LogP contribution in [0, 0.1) is 0 Å². The van der Waals surface area contributed by atoms with Crippen LogP contribution in [0.1, 0.15) is 0 Å². The van der Waals surface area contributed by atoms with Gasteiger partial charge in [0.1, 0.15) is 0 Å². The van der Waals surface area contributed by atoms with Crippen LogP contribution in [0.2, 0.25) is 0 Å². The molecule has 4 aromatic rings. The summed E-state index contributed by atoms with van der Waals surface area (Å²) in [5.74, 6) is 0.647. The minimum atomic E-state index is 0.647. The average Bonchev–Trinajstić information content (AvgIpc) is 2.69. The van der Waals surface area contributed by atoms with Crippen molar-refractivity contribution in [3.05, 3.63) is 85.1 Å². The van der Waals surface area contributed by atoms with E-state index >= 15 is 0 Å². The number of rotatable bonds is 3. The molecule has 0 radical (unpaired) electrons. The summed E-state index contributed by atoms with van der Waals surface area (Å²) in [5.41, 5.74) is 4.59. The van der Waals surface area contributed by atoms with Crippen molar-refractivity contribution in [2.24, 2.45) is 0 Å². The first-order valence-electron chi connectivity index (χ1n) is 7.74. The number of aromatic amines is 1. The third kappa shape index (κ3) is 2.77. The monoisotopic (exact) mass is 311 g/mol. The highest BCUT2D eigenvalue weighted by molar-refractivity contribution is 5.75. The van der Waals surface area contributed by atoms with Gasteiger partial charge >= 0.3 is 5.82 Å². The van der Waals surface area contributed by atoms with Crippen molar-refractivity contribution in [3.8, 4) is 34.0 Å². The molecule has 0 aliphatic carbocycles. The molecule has 4 heteroatoms. The summed E-state index contributed by atoms with van der Waals surface area (Å²) < 4.78 is 0. The lowest BCUT2D eigenvalue weighted by Gasteiger charge is -2.04. The predicted molar refractivity (Wildman–Crippen MR) is 92.7 cm³/mol. The fourth-order valence-electron chi connectivity index (χ4n) is 2.58. The molecule has 4 nitrogen and oxygen atoms in total. The Morgan fingerprint density at radius 2 is 1.29 bits per heavy atom. The second-order valence-corrected chi connectivity index (χ2v) is 5.34. The highest BCUT2D eigenvalue weighted by Gasteiger charge is 2.20. The molecule has 4 rings (SSSR count). The van der Waals surface area contributed by atoms with Crippen LogP contribution in [0.5, 0.6) is 0 Å². The van der Waals surface area contributed by atoms with Gasteiger partial charge in [0, 0.05) is 17.3 Å². The summed E-state index contributed by atoms with van der Waals surface area (Å²) in [4.78, 5) is 7.76. The molecule has 0 saturated carbocycles. The van der Waals surface area contributed by atoms with Crippen molar-refractivity contribution < 1.29 is 4.98 Å². The van der Waals surface area contributed by atoms with Gasteiger partial charge in [-0.05, 0) is 17.2 Å². The Bertz CT molecular complexity index is 939. The minimum absolute atomic E-state index is 0.647. The Hall–Kier alpha value is -3.40. The average molecular weight is 311 g/mol. The van der Waals surface area contributed by atoms with E-state index in [-0.39, 0.29) is 0 Å². The molecule has 0 bridgehead atoms. The molecule has 0 spiro atoms. The fourth-order valence-corrected chi connectivity index (χ4v) is 2.58. The second-order valence-electron chi connectivity index (χ2n) is 5.34. The molecule has 1 N–H and O–H groups in total. The maximum atomic E-state index is 4.48. The molecule has 24 heavy (non-hydrogen) atoms. The molecule has 2 aromatic carbocycles. The van der Waals surface area contributed by atoms with E-state index in [4.69, 9.17) is 0 Å². The number of benzene rings is 2. The molecule has 0 atom stereocenters. The number of pyridine rings is 1. The van der Waals surface area contributed by atoms with Crippen molar-refractivity contribution in [1.82, 2.24) is 15.2 Å². The third-order valence-corrected chi connectivity index (χ3v) is 3.75. The molecule has 2 aromatic heterocycles. The van der Waals surface area contributed by atoms with Crippen LogP contribution in [-0.2, 0) is 0 Å². The van der Waals surface area contributed by atoms with Crippen molar-refractivity contribution in [2.75, 3.05) is 0 Å². The predicted octanol–water partition coefficient (Wildman–Crippen LogP) is 3.69. The van der Waals surface area contributed by atoms with E-state index < -0.39 is 0 Å². The molecule has 0 saturated heterocycles. The standard InChI is InChI=1S/C20H14N4/c1-3-9-15(10-4-1)18-19(16-11-5-2-6-12-16)23-24-20(22-18)17-13-7-8-14-21-17/h1-14H/p+1. The molecule has 114 valence electrons. The van der Waals surface area contributed by atoms with Crippen molar-refractivity contribution in [1.29, 1.82) is 0 Å². The van der Waals surface area contributed by atoms with Crippen LogP contribution < -0.4 is 4.98 Å². The van der Waals surface area contributed by atoms with Gasteiger partial charge in [-0.3, -0.25) is 0 Å². The van der Waals surface area contributed by atoms with Gasteiger partial charge in [0.05, 0.1) is 5.10 Å². The third-order valence-electron chi connectivity index (χ3n) is 3.75. The van der Waals surface area contributed by atoms with E-state index in [1.54, 1.807) is 6.20 Å². The summed E-state index contributed by atoms with van der Waals surface area (Å²) in [7, 11) is 0. The number of hydrogen-bond donors (Lipinski definition) is 0. The topological polar surface area (TPSA) is 52.8 Å². The normalized spacial score (nSPS) is 10.5. The van der Waals surface area contributed by atoms with Gasteiger partial charge < -0.3 is 0 Å². The first-order valence-corrected chi connectivity index (χ1v) is 7.74. The van der Waals surface area contributed by atoms with E-state index in [0.29, 0.717) is 5.82 Å². The number of hydrogen-bond acceptors (Lipinski definition) is 3. The van der Waals surface area contributed by atoms with Crippen LogP contribution in [0.25, 0.3) is 34.0 Å². The summed E-state index contributed by atoms with van der Waals surface area (Å²) in [6.07, 6.45) is 1.75. The highest BCUT2D eigenvalue weighted by Crippen LogP contribution is 2.26. The molecule has 0 aliphatic rings. The first-order chi connectivity index (χ1) is 11.9. The Morgan fingerprint density at radius 1 is 0.625 bits per heavy atom. The van der Waals surface area contributed by atoms with Crippen LogP contribution >= 0.6 is 0 Å². The van der Waals surface area contributed by atoms with E-state index in [1.165, 1.54) is 0 Å². The van der Waals surface area contributed by atoms with Gasteiger partial charge in [0.25, 0.3) is 0 Å². The van der Waals surface area contributed by atoms with Crippen LogP contribution in [0.15, 0.2) is 85.1 Å². The van der Waals surface area contributed by atoms with Crippen LogP contribution in [-0.4, -0.2) is 15.2 Å². The molecular formula is C20H15N4+. The Labute approximate surface area is 139 Å². The zero-order chi connectivity index (χ0) is 16.2.